The highest BCUT2D eigenvalue weighted by atomic mass is 15.2. The maximum atomic E-state index is 2.43. The molecule has 0 aliphatic carbocycles. The van der Waals surface area contributed by atoms with Crippen molar-refractivity contribution in [1.82, 2.24) is 0 Å². The largest absolute Gasteiger partial charge is 0.309 e. The molecule has 0 unspecified atom stereocenters. The molecule has 7 aromatic carbocycles. The molecule has 0 amide bonds. The molecule has 0 spiro atoms. The fraction of sp³-hybridized carbons (Fsp3) is 0. The Labute approximate surface area is 257 Å². The summed E-state index contributed by atoms with van der Waals surface area (Å²) >= 11 is 0. The number of nitrogens with zero attached hydrogens (tertiary/aromatic N) is 2. The van der Waals surface area contributed by atoms with Crippen LogP contribution in [0.25, 0.3) is 44.5 Å². The summed E-state index contributed by atoms with van der Waals surface area (Å²) in [7, 11) is 0. The van der Waals surface area contributed by atoms with Gasteiger partial charge in [-0.25, -0.2) is 0 Å². The molecule has 206 valence electrons. The van der Waals surface area contributed by atoms with E-state index < -0.39 is 0 Å². The van der Waals surface area contributed by atoms with Crippen LogP contribution in [0.15, 0.2) is 170 Å². The maximum absolute atomic E-state index is 2.43. The van der Waals surface area contributed by atoms with Gasteiger partial charge in [-0.2, -0.15) is 0 Å². The highest BCUT2D eigenvalue weighted by Gasteiger charge is 2.28. The molecule has 2 heteroatoms. The SMILES string of the molecule is c1cc(N2c3ccccc3-c3ccccc3-c3ccccc32)cc(N2c3ccccc3-c3ccccc3-c3ccccc32)c1. The zero-order valence-corrected chi connectivity index (χ0v) is 24.1. The first-order chi connectivity index (χ1) is 21.9. The van der Waals surface area contributed by atoms with E-state index in [1.54, 1.807) is 0 Å². The number of para-hydroxylation sites is 4. The van der Waals surface area contributed by atoms with Crippen LogP contribution in [0.1, 0.15) is 0 Å². The van der Waals surface area contributed by atoms with Gasteiger partial charge in [-0.15, -0.1) is 0 Å². The Kier molecular flexibility index (Phi) is 5.54. The smallest absolute Gasteiger partial charge is 0.0540 e. The van der Waals surface area contributed by atoms with Crippen molar-refractivity contribution in [3.05, 3.63) is 170 Å². The minimum atomic E-state index is 1.12. The number of hydrogen-bond acceptors (Lipinski definition) is 2. The molecule has 0 saturated heterocycles. The van der Waals surface area contributed by atoms with Crippen molar-refractivity contribution in [3.63, 3.8) is 0 Å². The predicted octanol–water partition coefficient (Wildman–Crippen LogP) is 11.9. The molecule has 2 heterocycles. The van der Waals surface area contributed by atoms with Crippen molar-refractivity contribution in [2.24, 2.45) is 0 Å². The molecular formula is C42H28N2. The zero-order chi connectivity index (χ0) is 29.0. The van der Waals surface area contributed by atoms with Gasteiger partial charge in [0.2, 0.25) is 0 Å². The van der Waals surface area contributed by atoms with Gasteiger partial charge >= 0.3 is 0 Å². The van der Waals surface area contributed by atoms with Gasteiger partial charge in [0, 0.05) is 33.6 Å². The van der Waals surface area contributed by atoms with Crippen LogP contribution in [0.4, 0.5) is 34.1 Å². The number of benzene rings is 7. The lowest BCUT2D eigenvalue weighted by molar-refractivity contribution is 1.26. The van der Waals surface area contributed by atoms with Crippen LogP contribution < -0.4 is 9.80 Å². The Hall–Kier alpha value is -5.86. The van der Waals surface area contributed by atoms with Crippen molar-refractivity contribution in [1.29, 1.82) is 0 Å². The Morgan fingerprint density at radius 3 is 0.773 bits per heavy atom. The van der Waals surface area contributed by atoms with Crippen LogP contribution in [-0.2, 0) is 0 Å². The highest BCUT2D eigenvalue weighted by Crippen LogP contribution is 2.53. The summed E-state index contributed by atoms with van der Waals surface area (Å²) in [6, 6.07) is 61.6. The average molecular weight is 561 g/mol. The molecule has 44 heavy (non-hydrogen) atoms. The Balaban J connectivity index is 1.30. The first kappa shape index (κ1) is 24.7. The number of fused-ring (bicyclic) bond motifs is 10. The molecule has 0 radical (unpaired) electrons. The second-order valence-corrected chi connectivity index (χ2v) is 11.4. The number of anilines is 6. The maximum Gasteiger partial charge on any atom is 0.0540 e. The van der Waals surface area contributed by atoms with E-state index >= 15 is 0 Å². The molecule has 9 rings (SSSR count). The van der Waals surface area contributed by atoms with Crippen LogP contribution in [0, 0.1) is 0 Å². The second-order valence-electron chi connectivity index (χ2n) is 11.4. The lowest BCUT2D eigenvalue weighted by atomic mass is 9.95. The van der Waals surface area contributed by atoms with Crippen molar-refractivity contribution < 1.29 is 0 Å². The summed E-state index contributed by atoms with van der Waals surface area (Å²) in [4.78, 5) is 4.86. The molecule has 0 fully saturated rings. The first-order valence-electron chi connectivity index (χ1n) is 15.1. The fourth-order valence-corrected chi connectivity index (χ4v) is 7.08. The van der Waals surface area contributed by atoms with Gasteiger partial charge in [-0.3, -0.25) is 0 Å². The summed E-state index contributed by atoms with van der Waals surface area (Å²) in [6.45, 7) is 0. The van der Waals surface area contributed by atoms with Gasteiger partial charge in [0.25, 0.3) is 0 Å². The molecule has 2 aliphatic heterocycles. The lowest BCUT2D eigenvalue weighted by Gasteiger charge is -2.31. The van der Waals surface area contributed by atoms with Gasteiger partial charge in [0.15, 0.2) is 0 Å². The van der Waals surface area contributed by atoms with Gasteiger partial charge in [0.1, 0.15) is 0 Å². The molecule has 0 N–H and O–H groups in total. The topological polar surface area (TPSA) is 6.48 Å². The lowest BCUT2D eigenvalue weighted by Crippen LogP contribution is -2.14. The quantitative estimate of drug-likeness (QED) is 0.207. The van der Waals surface area contributed by atoms with E-state index in [9.17, 15) is 0 Å². The van der Waals surface area contributed by atoms with E-state index in [1.165, 1.54) is 67.3 Å². The number of rotatable bonds is 2. The standard InChI is InChI=1S/C42H28N2/c1-2-17-32-31(16-1)35-20-5-9-24-39(35)43(40-25-10-6-21-36(32)40)29-14-13-15-30(28-29)44-41-26-11-7-22-37(41)33-18-3-4-19-34(33)38-23-8-12-27-42(38)44/h1-28H. The van der Waals surface area contributed by atoms with Crippen molar-refractivity contribution in [2.45, 2.75) is 0 Å². The van der Waals surface area contributed by atoms with Crippen LogP contribution in [0.5, 0.6) is 0 Å². The fourth-order valence-electron chi connectivity index (χ4n) is 7.08. The monoisotopic (exact) mass is 560 g/mol. The number of hydrogen-bond donors (Lipinski definition) is 0. The van der Waals surface area contributed by atoms with E-state index in [2.05, 4.69) is 180 Å². The average Bonchev–Trinajstić information content (AvgIpc) is 3.30. The van der Waals surface area contributed by atoms with Gasteiger partial charge < -0.3 is 9.80 Å². The third kappa shape index (κ3) is 3.68. The predicted molar refractivity (Wildman–Crippen MR) is 185 cm³/mol. The van der Waals surface area contributed by atoms with E-state index in [1.807, 2.05) is 0 Å². The Morgan fingerprint density at radius 1 is 0.227 bits per heavy atom. The Morgan fingerprint density at radius 2 is 0.477 bits per heavy atom. The zero-order valence-electron chi connectivity index (χ0n) is 24.1. The van der Waals surface area contributed by atoms with Crippen LogP contribution >= 0.6 is 0 Å². The van der Waals surface area contributed by atoms with Crippen LogP contribution in [0.3, 0.4) is 0 Å². The molecule has 0 saturated carbocycles. The van der Waals surface area contributed by atoms with Crippen molar-refractivity contribution in [3.8, 4) is 44.5 Å². The summed E-state index contributed by atoms with van der Waals surface area (Å²) in [6.07, 6.45) is 0. The molecule has 0 atom stereocenters. The van der Waals surface area contributed by atoms with Crippen LogP contribution in [-0.4, -0.2) is 0 Å². The molecule has 0 bridgehead atoms. The molecule has 2 aliphatic rings. The summed E-state index contributed by atoms with van der Waals surface area (Å²) < 4.78 is 0. The molecule has 7 aromatic rings. The van der Waals surface area contributed by atoms with E-state index in [0.717, 1.165) is 11.4 Å². The van der Waals surface area contributed by atoms with Crippen molar-refractivity contribution >= 4 is 34.1 Å². The van der Waals surface area contributed by atoms with Gasteiger partial charge in [-0.05, 0) is 64.7 Å². The summed E-state index contributed by atoms with van der Waals surface area (Å²) in [5.41, 5.74) is 16.8. The molecular weight excluding hydrogens is 532 g/mol. The van der Waals surface area contributed by atoms with E-state index in [0.29, 0.717) is 0 Å². The minimum absolute atomic E-state index is 1.12. The second kappa shape index (κ2) is 9.86. The first-order valence-corrected chi connectivity index (χ1v) is 15.1. The van der Waals surface area contributed by atoms with Crippen molar-refractivity contribution in [2.75, 3.05) is 9.80 Å². The van der Waals surface area contributed by atoms with E-state index in [4.69, 9.17) is 0 Å². The third-order valence-corrected chi connectivity index (χ3v) is 8.94. The molecule has 2 nitrogen and oxygen atoms in total. The third-order valence-electron chi connectivity index (χ3n) is 8.94. The van der Waals surface area contributed by atoms with Gasteiger partial charge in [0.05, 0.1) is 22.7 Å². The normalized spacial score (nSPS) is 12.5. The summed E-state index contributed by atoms with van der Waals surface area (Å²) in [5.74, 6) is 0. The molecule has 0 aromatic heterocycles. The van der Waals surface area contributed by atoms with Gasteiger partial charge in [-0.1, -0.05) is 127 Å². The minimum Gasteiger partial charge on any atom is -0.309 e. The Bertz CT molecular complexity index is 1920. The summed E-state index contributed by atoms with van der Waals surface area (Å²) in [5, 5.41) is 0. The van der Waals surface area contributed by atoms with E-state index in [-0.39, 0.29) is 0 Å². The van der Waals surface area contributed by atoms with Crippen LogP contribution in [0.2, 0.25) is 0 Å². The highest BCUT2D eigenvalue weighted by molar-refractivity contribution is 6.04.